The van der Waals surface area contributed by atoms with Crippen molar-refractivity contribution in [3.05, 3.63) is 72.7 Å². The summed E-state index contributed by atoms with van der Waals surface area (Å²) in [6.45, 7) is 1.17. The second-order valence-corrected chi connectivity index (χ2v) is 6.50. The van der Waals surface area contributed by atoms with E-state index in [4.69, 9.17) is 4.42 Å². The van der Waals surface area contributed by atoms with Crippen LogP contribution in [-0.4, -0.2) is 45.4 Å². The van der Waals surface area contributed by atoms with Crippen molar-refractivity contribution >= 4 is 11.8 Å². The first kappa shape index (κ1) is 17.1. The fraction of sp³-hybridized carbons (Fsp3) is 0.250. The zero-order valence-electron chi connectivity index (χ0n) is 14.7. The number of nitrogens with one attached hydrogen (secondary N) is 1. The van der Waals surface area contributed by atoms with Crippen molar-refractivity contribution < 1.29 is 14.0 Å². The molecule has 1 aliphatic rings. The van der Waals surface area contributed by atoms with Gasteiger partial charge in [0.25, 0.3) is 11.8 Å². The largest absolute Gasteiger partial charge is 0.459 e. The van der Waals surface area contributed by atoms with E-state index in [1.807, 2.05) is 30.3 Å². The summed E-state index contributed by atoms with van der Waals surface area (Å²) in [6.07, 6.45) is 6.11. The first-order chi connectivity index (χ1) is 13.2. The van der Waals surface area contributed by atoms with Crippen LogP contribution in [0.2, 0.25) is 0 Å². The zero-order valence-corrected chi connectivity index (χ0v) is 14.7. The Morgan fingerprint density at radius 2 is 1.85 bits per heavy atom. The number of nitrogens with zero attached hydrogens (tertiary/aromatic N) is 3. The Labute approximate surface area is 156 Å². The molecule has 0 aliphatic carbocycles. The number of aromatic nitrogens is 2. The van der Waals surface area contributed by atoms with E-state index in [2.05, 4.69) is 10.3 Å². The molecule has 1 aliphatic heterocycles. The third kappa shape index (κ3) is 3.62. The third-order valence-electron chi connectivity index (χ3n) is 4.75. The Kier molecular flexibility index (Phi) is 4.74. The normalized spacial score (nSPS) is 14.9. The van der Waals surface area contributed by atoms with Gasteiger partial charge in [0.1, 0.15) is 5.69 Å². The molecule has 2 amide bonds. The Bertz CT molecular complexity index is 910. The van der Waals surface area contributed by atoms with Gasteiger partial charge in [-0.25, -0.2) is 4.98 Å². The highest BCUT2D eigenvalue weighted by atomic mass is 16.3. The van der Waals surface area contributed by atoms with Gasteiger partial charge in [-0.15, -0.1) is 0 Å². The summed E-state index contributed by atoms with van der Waals surface area (Å²) in [6, 6.07) is 13.0. The van der Waals surface area contributed by atoms with Gasteiger partial charge in [-0.3, -0.25) is 14.2 Å². The van der Waals surface area contributed by atoms with Crippen molar-refractivity contribution in [1.82, 2.24) is 19.8 Å². The predicted octanol–water partition coefficient (Wildman–Crippen LogP) is 2.50. The van der Waals surface area contributed by atoms with Crippen molar-refractivity contribution in [1.29, 1.82) is 0 Å². The third-order valence-corrected chi connectivity index (χ3v) is 4.75. The van der Waals surface area contributed by atoms with E-state index in [0.717, 1.165) is 5.69 Å². The Morgan fingerprint density at radius 3 is 2.56 bits per heavy atom. The van der Waals surface area contributed by atoms with Crippen LogP contribution in [0.1, 0.15) is 33.9 Å². The summed E-state index contributed by atoms with van der Waals surface area (Å²) < 4.78 is 6.94. The van der Waals surface area contributed by atoms with Crippen molar-refractivity contribution in [2.45, 2.75) is 18.9 Å². The monoisotopic (exact) mass is 364 g/mol. The van der Waals surface area contributed by atoms with Crippen LogP contribution in [0.5, 0.6) is 0 Å². The number of amides is 2. The molecule has 0 radical (unpaired) electrons. The van der Waals surface area contributed by atoms with Crippen LogP contribution in [0.25, 0.3) is 5.69 Å². The lowest BCUT2D eigenvalue weighted by Gasteiger charge is -2.31. The van der Waals surface area contributed by atoms with E-state index in [1.54, 1.807) is 34.1 Å². The van der Waals surface area contributed by atoms with E-state index >= 15 is 0 Å². The van der Waals surface area contributed by atoms with E-state index in [0.29, 0.717) is 37.4 Å². The van der Waals surface area contributed by atoms with Crippen LogP contribution in [0.15, 0.2) is 65.7 Å². The van der Waals surface area contributed by atoms with Gasteiger partial charge in [0.2, 0.25) is 0 Å². The maximum atomic E-state index is 12.7. The topological polar surface area (TPSA) is 80.4 Å². The number of benzene rings is 1. The number of likely N-dealkylation sites (tertiary alicyclic amines) is 1. The molecule has 1 saturated heterocycles. The van der Waals surface area contributed by atoms with Crippen molar-refractivity contribution in [2.75, 3.05) is 13.1 Å². The number of piperidine rings is 1. The van der Waals surface area contributed by atoms with Gasteiger partial charge >= 0.3 is 0 Å². The molecular weight excluding hydrogens is 344 g/mol. The number of furan rings is 1. The van der Waals surface area contributed by atoms with Gasteiger partial charge in [0.05, 0.1) is 18.8 Å². The van der Waals surface area contributed by atoms with Gasteiger partial charge in [-0.05, 0) is 37.1 Å². The van der Waals surface area contributed by atoms with Gasteiger partial charge in [0, 0.05) is 24.8 Å². The first-order valence-electron chi connectivity index (χ1n) is 8.94. The zero-order chi connectivity index (χ0) is 18.6. The summed E-state index contributed by atoms with van der Waals surface area (Å²) >= 11 is 0. The lowest BCUT2D eigenvalue weighted by molar-refractivity contribution is 0.0667. The highest BCUT2D eigenvalue weighted by molar-refractivity contribution is 5.93. The average Bonchev–Trinajstić information content (AvgIpc) is 3.41. The van der Waals surface area contributed by atoms with Gasteiger partial charge in [-0.1, -0.05) is 18.2 Å². The molecule has 1 N–H and O–H groups in total. The highest BCUT2D eigenvalue weighted by Gasteiger charge is 2.26. The minimum Gasteiger partial charge on any atom is -0.459 e. The molecule has 4 rings (SSSR count). The van der Waals surface area contributed by atoms with E-state index < -0.39 is 0 Å². The molecule has 3 aromatic rings. The van der Waals surface area contributed by atoms with Crippen LogP contribution in [-0.2, 0) is 0 Å². The molecule has 0 unspecified atom stereocenters. The fourth-order valence-corrected chi connectivity index (χ4v) is 3.30. The van der Waals surface area contributed by atoms with Gasteiger partial charge < -0.3 is 14.6 Å². The van der Waals surface area contributed by atoms with E-state index in [-0.39, 0.29) is 17.9 Å². The Hall–Kier alpha value is -3.35. The smallest absolute Gasteiger partial charge is 0.289 e. The first-order valence-corrected chi connectivity index (χ1v) is 8.94. The van der Waals surface area contributed by atoms with Crippen LogP contribution < -0.4 is 5.32 Å². The van der Waals surface area contributed by atoms with E-state index in [9.17, 15) is 9.59 Å². The minimum absolute atomic E-state index is 0.0253. The Morgan fingerprint density at radius 1 is 1.07 bits per heavy atom. The molecule has 1 fully saturated rings. The molecule has 0 saturated carbocycles. The summed E-state index contributed by atoms with van der Waals surface area (Å²) in [7, 11) is 0. The quantitative estimate of drug-likeness (QED) is 0.771. The average molecular weight is 364 g/mol. The van der Waals surface area contributed by atoms with Gasteiger partial charge in [-0.2, -0.15) is 0 Å². The maximum absolute atomic E-state index is 12.7. The number of carbonyl (C=O) groups excluding carboxylic acids is 2. The molecule has 27 heavy (non-hydrogen) atoms. The number of hydrogen-bond donors (Lipinski definition) is 1. The van der Waals surface area contributed by atoms with Crippen LogP contribution in [0.4, 0.5) is 0 Å². The number of rotatable bonds is 4. The molecule has 138 valence electrons. The minimum atomic E-state index is -0.160. The summed E-state index contributed by atoms with van der Waals surface area (Å²) in [5, 5.41) is 3.06. The lowest BCUT2D eigenvalue weighted by atomic mass is 10.0. The molecule has 7 nitrogen and oxygen atoms in total. The van der Waals surface area contributed by atoms with Crippen molar-refractivity contribution in [2.24, 2.45) is 0 Å². The molecule has 7 heteroatoms. The molecule has 2 aromatic heterocycles. The number of imidazole rings is 1. The second-order valence-electron chi connectivity index (χ2n) is 6.50. The molecule has 0 bridgehead atoms. The molecule has 0 atom stereocenters. The summed E-state index contributed by atoms with van der Waals surface area (Å²) in [5.74, 6) is 0.0864. The molecule has 1 aromatic carbocycles. The van der Waals surface area contributed by atoms with Gasteiger partial charge in [0.15, 0.2) is 5.76 Å². The van der Waals surface area contributed by atoms with Crippen LogP contribution in [0, 0.1) is 0 Å². The van der Waals surface area contributed by atoms with Crippen molar-refractivity contribution in [3.8, 4) is 5.69 Å². The Balaban J connectivity index is 1.37. The number of para-hydroxylation sites is 1. The predicted molar refractivity (Wildman–Crippen MR) is 98.7 cm³/mol. The van der Waals surface area contributed by atoms with Crippen LogP contribution >= 0.6 is 0 Å². The SMILES string of the molecule is O=C(NC1CCN(C(=O)c2ccco2)CC1)c1cncn1-c1ccccc1. The van der Waals surface area contributed by atoms with E-state index in [1.165, 1.54) is 6.26 Å². The van der Waals surface area contributed by atoms with Crippen molar-refractivity contribution in [3.63, 3.8) is 0 Å². The highest BCUT2D eigenvalue weighted by Crippen LogP contribution is 2.16. The lowest BCUT2D eigenvalue weighted by Crippen LogP contribution is -2.46. The fourth-order valence-electron chi connectivity index (χ4n) is 3.30. The summed E-state index contributed by atoms with van der Waals surface area (Å²) in [4.78, 5) is 30.9. The maximum Gasteiger partial charge on any atom is 0.289 e. The summed E-state index contributed by atoms with van der Waals surface area (Å²) in [5.41, 5.74) is 1.38. The molecule has 3 heterocycles. The number of carbonyl (C=O) groups is 2. The number of hydrogen-bond acceptors (Lipinski definition) is 4. The standard InChI is InChI=1S/C20H20N4O3/c25-19(17-13-21-14-24(17)16-5-2-1-3-6-16)22-15-8-10-23(11-9-15)20(26)18-7-4-12-27-18/h1-7,12-15H,8-11H2,(H,22,25). The van der Waals surface area contributed by atoms with Crippen LogP contribution in [0.3, 0.4) is 0 Å². The molecular formula is C20H20N4O3. The second kappa shape index (κ2) is 7.49. The molecule has 0 spiro atoms.